The van der Waals surface area contributed by atoms with E-state index >= 15 is 0 Å². The van der Waals surface area contributed by atoms with E-state index in [9.17, 15) is 14.9 Å². The minimum Gasteiger partial charge on any atom is -0.352 e. The number of carbonyl (C=O) groups excluding carboxylic acids is 1. The molecule has 0 aliphatic carbocycles. The fourth-order valence-electron chi connectivity index (χ4n) is 3.06. The van der Waals surface area contributed by atoms with Crippen molar-refractivity contribution in [3.8, 4) is 0 Å². The van der Waals surface area contributed by atoms with Crippen molar-refractivity contribution >= 4 is 39.0 Å². The second-order valence-corrected chi connectivity index (χ2v) is 6.84. The monoisotopic (exact) mass is 369 g/mol. The Labute approximate surface area is 152 Å². The number of aromatic nitrogens is 2. The van der Waals surface area contributed by atoms with E-state index in [1.54, 1.807) is 28.6 Å². The minimum atomic E-state index is -0.490. The SMILES string of the molecule is O=C(c1cccc([N+](=O)[O-])c1)N1CCN(c2ncnc3ccsc23)CC1. The molecule has 0 atom stereocenters. The number of anilines is 1. The van der Waals surface area contributed by atoms with Crippen molar-refractivity contribution in [1.29, 1.82) is 0 Å². The highest BCUT2D eigenvalue weighted by atomic mass is 32.1. The van der Waals surface area contributed by atoms with E-state index in [1.165, 1.54) is 18.2 Å². The number of piperazine rings is 1. The summed E-state index contributed by atoms with van der Waals surface area (Å²) in [6.07, 6.45) is 1.56. The number of hydrogen-bond donors (Lipinski definition) is 0. The number of non-ortho nitro benzene ring substituents is 1. The number of hydrogen-bond acceptors (Lipinski definition) is 7. The Morgan fingerprint density at radius 2 is 1.96 bits per heavy atom. The molecule has 1 fully saturated rings. The molecule has 3 heterocycles. The van der Waals surface area contributed by atoms with Crippen molar-refractivity contribution in [1.82, 2.24) is 14.9 Å². The summed E-state index contributed by atoms with van der Waals surface area (Å²) in [6, 6.07) is 7.83. The highest BCUT2D eigenvalue weighted by molar-refractivity contribution is 7.17. The number of thiophene rings is 1. The lowest BCUT2D eigenvalue weighted by Gasteiger charge is -2.35. The van der Waals surface area contributed by atoms with Crippen LogP contribution in [0.1, 0.15) is 10.4 Å². The predicted molar refractivity (Wildman–Crippen MR) is 98.6 cm³/mol. The summed E-state index contributed by atoms with van der Waals surface area (Å²) in [6.45, 7) is 2.39. The van der Waals surface area contributed by atoms with Crippen LogP contribution in [0.3, 0.4) is 0 Å². The molecule has 1 aliphatic heterocycles. The molecule has 1 amide bonds. The molecule has 0 saturated carbocycles. The van der Waals surface area contributed by atoms with Crippen LogP contribution in [0.25, 0.3) is 10.2 Å². The number of nitro groups is 1. The van der Waals surface area contributed by atoms with Gasteiger partial charge in [-0.25, -0.2) is 9.97 Å². The van der Waals surface area contributed by atoms with Crippen LogP contribution in [0, 0.1) is 10.1 Å². The first-order valence-corrected chi connectivity index (χ1v) is 8.98. The van der Waals surface area contributed by atoms with E-state index in [0.717, 1.165) is 16.0 Å². The van der Waals surface area contributed by atoms with Gasteiger partial charge in [0.15, 0.2) is 0 Å². The van der Waals surface area contributed by atoms with Gasteiger partial charge in [-0.05, 0) is 17.5 Å². The maximum Gasteiger partial charge on any atom is 0.270 e. The average molecular weight is 369 g/mol. The topological polar surface area (TPSA) is 92.5 Å². The molecule has 0 radical (unpaired) electrons. The molecule has 1 aromatic carbocycles. The molecular weight excluding hydrogens is 354 g/mol. The molecule has 2 aromatic heterocycles. The summed E-state index contributed by atoms with van der Waals surface area (Å²) in [5.41, 5.74) is 1.20. The molecule has 26 heavy (non-hydrogen) atoms. The van der Waals surface area contributed by atoms with Crippen molar-refractivity contribution in [3.63, 3.8) is 0 Å². The Hall–Kier alpha value is -3.07. The van der Waals surface area contributed by atoms with Crippen molar-refractivity contribution in [2.75, 3.05) is 31.1 Å². The molecule has 132 valence electrons. The van der Waals surface area contributed by atoms with Gasteiger partial charge in [0.25, 0.3) is 11.6 Å². The van der Waals surface area contributed by atoms with Gasteiger partial charge in [0.05, 0.1) is 15.1 Å². The van der Waals surface area contributed by atoms with E-state index in [0.29, 0.717) is 31.7 Å². The Balaban J connectivity index is 1.48. The van der Waals surface area contributed by atoms with Gasteiger partial charge in [0.2, 0.25) is 0 Å². The van der Waals surface area contributed by atoms with E-state index in [4.69, 9.17) is 0 Å². The Morgan fingerprint density at radius 1 is 1.15 bits per heavy atom. The van der Waals surface area contributed by atoms with Gasteiger partial charge in [-0.15, -0.1) is 11.3 Å². The van der Waals surface area contributed by atoms with Crippen LogP contribution >= 0.6 is 11.3 Å². The molecule has 1 saturated heterocycles. The van der Waals surface area contributed by atoms with Gasteiger partial charge in [0, 0.05) is 43.9 Å². The molecule has 0 unspecified atom stereocenters. The van der Waals surface area contributed by atoms with Crippen LogP contribution in [0.4, 0.5) is 11.5 Å². The van der Waals surface area contributed by atoms with Crippen molar-refractivity contribution in [2.24, 2.45) is 0 Å². The first-order chi connectivity index (χ1) is 12.6. The predicted octanol–water partition coefficient (Wildman–Crippen LogP) is 2.56. The highest BCUT2D eigenvalue weighted by Gasteiger charge is 2.25. The minimum absolute atomic E-state index is 0.0736. The van der Waals surface area contributed by atoms with Gasteiger partial charge in [-0.3, -0.25) is 14.9 Å². The lowest BCUT2D eigenvalue weighted by molar-refractivity contribution is -0.384. The lowest BCUT2D eigenvalue weighted by atomic mass is 10.1. The Morgan fingerprint density at radius 3 is 2.73 bits per heavy atom. The van der Waals surface area contributed by atoms with Gasteiger partial charge in [-0.1, -0.05) is 6.07 Å². The summed E-state index contributed by atoms with van der Waals surface area (Å²) in [5, 5.41) is 12.9. The van der Waals surface area contributed by atoms with Crippen LogP contribution in [0.5, 0.6) is 0 Å². The van der Waals surface area contributed by atoms with Gasteiger partial charge < -0.3 is 9.80 Å². The van der Waals surface area contributed by atoms with Crippen LogP contribution in [-0.2, 0) is 0 Å². The van der Waals surface area contributed by atoms with E-state index < -0.39 is 4.92 Å². The third kappa shape index (κ3) is 2.97. The van der Waals surface area contributed by atoms with Crippen LogP contribution in [-0.4, -0.2) is 51.9 Å². The number of nitro benzene ring substituents is 1. The second kappa shape index (κ2) is 6.68. The maximum absolute atomic E-state index is 12.7. The number of amides is 1. The third-order valence-corrected chi connectivity index (χ3v) is 5.29. The molecule has 3 aromatic rings. The number of carbonyl (C=O) groups is 1. The highest BCUT2D eigenvalue weighted by Crippen LogP contribution is 2.28. The Kier molecular flexibility index (Phi) is 4.21. The molecule has 8 nitrogen and oxygen atoms in total. The van der Waals surface area contributed by atoms with Crippen molar-refractivity contribution in [2.45, 2.75) is 0 Å². The summed E-state index contributed by atoms with van der Waals surface area (Å²) in [7, 11) is 0. The Bertz CT molecular complexity index is 981. The van der Waals surface area contributed by atoms with E-state index in [2.05, 4.69) is 14.9 Å². The largest absolute Gasteiger partial charge is 0.352 e. The molecular formula is C17H15N5O3S. The summed E-state index contributed by atoms with van der Waals surface area (Å²) < 4.78 is 1.05. The zero-order valence-corrected chi connectivity index (χ0v) is 14.6. The summed E-state index contributed by atoms with van der Waals surface area (Å²) >= 11 is 1.60. The van der Waals surface area contributed by atoms with Gasteiger partial charge in [-0.2, -0.15) is 0 Å². The van der Waals surface area contributed by atoms with Gasteiger partial charge in [0.1, 0.15) is 12.1 Å². The zero-order chi connectivity index (χ0) is 18.1. The average Bonchev–Trinajstić information content (AvgIpc) is 3.16. The number of rotatable bonds is 3. The van der Waals surface area contributed by atoms with Crippen molar-refractivity contribution in [3.05, 3.63) is 57.7 Å². The van der Waals surface area contributed by atoms with E-state index in [-0.39, 0.29) is 11.6 Å². The fraction of sp³-hybridized carbons (Fsp3) is 0.235. The number of nitrogens with zero attached hydrogens (tertiary/aromatic N) is 5. The van der Waals surface area contributed by atoms with Crippen LogP contribution in [0.15, 0.2) is 42.0 Å². The quantitative estimate of drug-likeness (QED) is 0.520. The standard InChI is InChI=1S/C17H15N5O3S/c23-17(12-2-1-3-13(10-12)22(24)25)21-7-5-20(6-8-21)16-15-14(4-9-26-15)18-11-19-16/h1-4,9-11H,5-8H2. The third-order valence-electron chi connectivity index (χ3n) is 4.39. The normalized spacial score (nSPS) is 14.6. The molecule has 4 rings (SSSR count). The van der Waals surface area contributed by atoms with Crippen molar-refractivity contribution < 1.29 is 9.72 Å². The summed E-state index contributed by atoms with van der Waals surface area (Å²) in [5.74, 6) is 0.713. The molecule has 1 aliphatic rings. The molecule has 0 N–H and O–H groups in total. The molecule has 9 heteroatoms. The molecule has 0 bridgehead atoms. The lowest BCUT2D eigenvalue weighted by Crippen LogP contribution is -2.49. The zero-order valence-electron chi connectivity index (χ0n) is 13.7. The van der Waals surface area contributed by atoms with Crippen LogP contribution in [0.2, 0.25) is 0 Å². The van der Waals surface area contributed by atoms with Gasteiger partial charge >= 0.3 is 0 Å². The maximum atomic E-state index is 12.7. The first-order valence-electron chi connectivity index (χ1n) is 8.10. The fourth-order valence-corrected chi connectivity index (χ4v) is 3.92. The second-order valence-electron chi connectivity index (χ2n) is 5.92. The van der Waals surface area contributed by atoms with Crippen LogP contribution < -0.4 is 4.90 Å². The smallest absolute Gasteiger partial charge is 0.270 e. The van der Waals surface area contributed by atoms with E-state index in [1.807, 2.05) is 11.4 Å². The molecule has 0 spiro atoms. The summed E-state index contributed by atoms with van der Waals surface area (Å²) in [4.78, 5) is 35.6. The number of fused-ring (bicyclic) bond motifs is 1. The first kappa shape index (κ1) is 16.4. The number of benzene rings is 1.